The summed E-state index contributed by atoms with van der Waals surface area (Å²) in [7, 11) is 1.58. The maximum Gasteiger partial charge on any atom is 0.141 e. The number of aryl methyl sites for hydroxylation is 2. The van der Waals surface area contributed by atoms with Gasteiger partial charge in [-0.1, -0.05) is 17.3 Å². The van der Waals surface area contributed by atoms with Crippen molar-refractivity contribution >= 4 is 0 Å². The Hall–Kier alpha value is -2.79. The molecule has 3 rings (SSSR count). The number of ether oxygens (including phenoxy) is 1. The molecule has 0 saturated carbocycles. The van der Waals surface area contributed by atoms with E-state index < -0.39 is 6.10 Å². The van der Waals surface area contributed by atoms with Crippen molar-refractivity contribution in [3.8, 4) is 22.6 Å². The second-order valence-electron chi connectivity index (χ2n) is 5.69. The van der Waals surface area contributed by atoms with Crippen LogP contribution in [0.15, 0.2) is 47.0 Å². The Balaban J connectivity index is 2.05. The van der Waals surface area contributed by atoms with Gasteiger partial charge in [-0.25, -0.2) is 0 Å². The van der Waals surface area contributed by atoms with Gasteiger partial charge in [0.15, 0.2) is 0 Å². The van der Waals surface area contributed by atoms with E-state index in [0.29, 0.717) is 22.6 Å². The molecule has 0 spiro atoms. The van der Waals surface area contributed by atoms with Crippen LogP contribution in [0.25, 0.3) is 11.1 Å². The summed E-state index contributed by atoms with van der Waals surface area (Å²) in [5.74, 6) is 1.40. The molecule has 0 bridgehead atoms. The fraction of sp³-hybridized carbons (Fsp3) is 0.211. The summed E-state index contributed by atoms with van der Waals surface area (Å²) < 4.78 is 10.4. The van der Waals surface area contributed by atoms with Crippen LogP contribution >= 0.6 is 0 Å². The zero-order valence-corrected chi connectivity index (χ0v) is 13.8. The highest BCUT2D eigenvalue weighted by molar-refractivity contribution is 5.70. The summed E-state index contributed by atoms with van der Waals surface area (Å²) in [5, 5.41) is 24.7. The number of phenolic OH excluding ortho intramolecular Hbond substituents is 1. The van der Waals surface area contributed by atoms with E-state index in [1.54, 1.807) is 25.3 Å². The molecule has 2 aromatic carbocycles. The molecule has 5 heteroatoms. The number of rotatable bonds is 4. The number of phenols is 1. The van der Waals surface area contributed by atoms with Gasteiger partial charge in [0, 0.05) is 5.56 Å². The molecular weight excluding hydrogens is 306 g/mol. The van der Waals surface area contributed by atoms with E-state index in [2.05, 4.69) is 5.16 Å². The van der Waals surface area contributed by atoms with Gasteiger partial charge >= 0.3 is 0 Å². The lowest BCUT2D eigenvalue weighted by Gasteiger charge is -2.14. The second-order valence-corrected chi connectivity index (χ2v) is 5.69. The van der Waals surface area contributed by atoms with E-state index in [1.807, 2.05) is 38.1 Å². The number of aromatic hydroxyl groups is 1. The molecule has 124 valence electrons. The third-order valence-corrected chi connectivity index (χ3v) is 3.99. The number of aliphatic hydroxyl groups excluding tert-OH is 1. The number of methoxy groups -OCH3 is 1. The summed E-state index contributed by atoms with van der Waals surface area (Å²) in [4.78, 5) is 0. The lowest BCUT2D eigenvalue weighted by molar-refractivity contribution is 0.219. The monoisotopic (exact) mass is 325 g/mol. The van der Waals surface area contributed by atoms with Crippen LogP contribution < -0.4 is 4.74 Å². The van der Waals surface area contributed by atoms with Crippen LogP contribution in [-0.4, -0.2) is 22.5 Å². The topological polar surface area (TPSA) is 75.7 Å². The Bertz CT molecular complexity index is 850. The van der Waals surface area contributed by atoms with Crippen LogP contribution in [0.1, 0.15) is 28.7 Å². The van der Waals surface area contributed by atoms with Crippen LogP contribution in [0.3, 0.4) is 0 Å². The number of aromatic nitrogens is 1. The summed E-state index contributed by atoms with van der Waals surface area (Å²) in [6, 6.07) is 12.2. The zero-order valence-electron chi connectivity index (χ0n) is 13.8. The fourth-order valence-corrected chi connectivity index (χ4v) is 2.84. The largest absolute Gasteiger partial charge is 0.508 e. The van der Waals surface area contributed by atoms with E-state index >= 15 is 0 Å². The molecule has 5 nitrogen and oxygen atoms in total. The predicted molar refractivity (Wildman–Crippen MR) is 90.1 cm³/mol. The molecule has 3 aromatic rings. The average molecular weight is 325 g/mol. The van der Waals surface area contributed by atoms with Crippen LogP contribution in [0.4, 0.5) is 0 Å². The van der Waals surface area contributed by atoms with E-state index in [9.17, 15) is 10.2 Å². The molecule has 0 saturated heterocycles. The minimum atomic E-state index is -0.883. The summed E-state index contributed by atoms with van der Waals surface area (Å²) in [5.41, 5.74) is 3.58. The first-order valence-corrected chi connectivity index (χ1v) is 7.59. The molecule has 1 heterocycles. The minimum absolute atomic E-state index is 0.0736. The van der Waals surface area contributed by atoms with Gasteiger partial charge < -0.3 is 19.5 Å². The van der Waals surface area contributed by atoms with Crippen molar-refractivity contribution in [1.82, 2.24) is 5.16 Å². The highest BCUT2D eigenvalue weighted by Gasteiger charge is 2.17. The van der Waals surface area contributed by atoms with Crippen molar-refractivity contribution in [2.45, 2.75) is 20.0 Å². The highest BCUT2D eigenvalue weighted by Crippen LogP contribution is 2.34. The van der Waals surface area contributed by atoms with E-state index in [4.69, 9.17) is 9.26 Å². The Morgan fingerprint density at radius 2 is 1.88 bits per heavy atom. The molecule has 1 atom stereocenters. The number of hydrogen-bond donors (Lipinski definition) is 2. The quantitative estimate of drug-likeness (QED) is 0.764. The molecule has 2 N–H and O–H groups in total. The van der Waals surface area contributed by atoms with Crippen molar-refractivity contribution in [3.63, 3.8) is 0 Å². The van der Waals surface area contributed by atoms with Crippen molar-refractivity contribution < 1.29 is 19.5 Å². The van der Waals surface area contributed by atoms with Crippen molar-refractivity contribution in [1.29, 1.82) is 0 Å². The van der Waals surface area contributed by atoms with Gasteiger partial charge in [-0.05, 0) is 60.9 Å². The minimum Gasteiger partial charge on any atom is -0.508 e. The fourth-order valence-electron chi connectivity index (χ4n) is 2.84. The van der Waals surface area contributed by atoms with Crippen LogP contribution in [-0.2, 0) is 0 Å². The van der Waals surface area contributed by atoms with Gasteiger partial charge in [-0.15, -0.1) is 0 Å². The van der Waals surface area contributed by atoms with Crippen LogP contribution in [0.2, 0.25) is 0 Å². The molecule has 0 radical (unpaired) electrons. The lowest BCUT2D eigenvalue weighted by atomic mass is 9.96. The summed E-state index contributed by atoms with van der Waals surface area (Å²) >= 11 is 0. The molecule has 24 heavy (non-hydrogen) atoms. The second kappa shape index (κ2) is 6.37. The van der Waals surface area contributed by atoms with Crippen molar-refractivity contribution in [2.24, 2.45) is 0 Å². The molecule has 0 aliphatic heterocycles. The van der Waals surface area contributed by atoms with Crippen molar-refractivity contribution in [3.05, 3.63) is 65.0 Å². The Labute approximate surface area is 140 Å². The Morgan fingerprint density at radius 3 is 2.54 bits per heavy atom. The summed E-state index contributed by atoms with van der Waals surface area (Å²) in [6.07, 6.45) is -0.883. The third kappa shape index (κ3) is 2.98. The van der Waals surface area contributed by atoms with Crippen molar-refractivity contribution in [2.75, 3.05) is 7.11 Å². The molecule has 1 unspecified atom stereocenters. The molecule has 1 aromatic heterocycles. The summed E-state index contributed by atoms with van der Waals surface area (Å²) in [6.45, 7) is 3.66. The molecule has 0 aliphatic rings. The highest BCUT2D eigenvalue weighted by atomic mass is 16.5. The number of aliphatic hydroxyl groups is 1. The van der Waals surface area contributed by atoms with Gasteiger partial charge in [-0.2, -0.15) is 0 Å². The number of hydrogen-bond acceptors (Lipinski definition) is 5. The van der Waals surface area contributed by atoms with Gasteiger partial charge in [0.25, 0.3) is 0 Å². The van der Waals surface area contributed by atoms with E-state index in [0.717, 1.165) is 16.8 Å². The van der Waals surface area contributed by atoms with Crippen LogP contribution in [0, 0.1) is 13.8 Å². The Kier molecular flexibility index (Phi) is 4.27. The standard InChI is InChI=1S/C19H19NO4/c1-11-18(12(2)24-20-11)14-7-15(9-16(21)8-14)19(22)13-5-4-6-17(10-13)23-3/h4-10,19,21-22H,1-3H3. The SMILES string of the molecule is COc1cccc(C(O)c2cc(O)cc(-c3c(C)noc3C)c2)c1. The first-order valence-electron chi connectivity index (χ1n) is 7.59. The third-order valence-electron chi connectivity index (χ3n) is 3.99. The average Bonchev–Trinajstić information content (AvgIpc) is 2.92. The van der Waals surface area contributed by atoms with E-state index in [-0.39, 0.29) is 5.75 Å². The maximum absolute atomic E-state index is 10.7. The first-order chi connectivity index (χ1) is 11.5. The predicted octanol–water partition coefficient (Wildman–Crippen LogP) is 3.75. The first kappa shape index (κ1) is 16.1. The number of nitrogens with zero attached hydrogens (tertiary/aromatic N) is 1. The zero-order chi connectivity index (χ0) is 17.3. The smallest absolute Gasteiger partial charge is 0.141 e. The van der Waals surface area contributed by atoms with Gasteiger partial charge in [0.1, 0.15) is 23.4 Å². The van der Waals surface area contributed by atoms with Gasteiger partial charge in [-0.3, -0.25) is 0 Å². The molecule has 0 amide bonds. The normalized spacial score (nSPS) is 12.2. The molecular formula is C19H19NO4. The maximum atomic E-state index is 10.7. The number of benzene rings is 2. The Morgan fingerprint density at radius 1 is 1.08 bits per heavy atom. The van der Waals surface area contributed by atoms with Gasteiger partial charge in [0.05, 0.1) is 12.8 Å². The van der Waals surface area contributed by atoms with Gasteiger partial charge in [0.2, 0.25) is 0 Å². The molecule has 0 aliphatic carbocycles. The van der Waals surface area contributed by atoms with Crippen LogP contribution in [0.5, 0.6) is 11.5 Å². The van der Waals surface area contributed by atoms with E-state index in [1.165, 1.54) is 0 Å². The molecule has 0 fully saturated rings. The lowest BCUT2D eigenvalue weighted by Crippen LogP contribution is -2.00.